The molecule has 0 bridgehead atoms. The molecule has 134 valence electrons. The quantitative estimate of drug-likeness (QED) is 0.623. The number of hydrogen-bond donors (Lipinski definition) is 1. The molecule has 0 spiro atoms. The summed E-state index contributed by atoms with van der Waals surface area (Å²) >= 11 is 0. The van der Waals surface area contributed by atoms with Crippen molar-refractivity contribution in [3.63, 3.8) is 0 Å². The fourth-order valence-corrected chi connectivity index (χ4v) is 3.94. The van der Waals surface area contributed by atoms with E-state index in [-0.39, 0.29) is 10.6 Å². The number of anilines is 1. The average Bonchev–Trinajstić information content (AvgIpc) is 2.52. The number of likely N-dealkylation sites (tertiary alicyclic amines) is 1. The van der Waals surface area contributed by atoms with Crippen molar-refractivity contribution in [2.45, 2.75) is 37.6 Å². The van der Waals surface area contributed by atoms with Gasteiger partial charge in [-0.15, -0.1) is 0 Å². The summed E-state index contributed by atoms with van der Waals surface area (Å²) in [5, 5.41) is 14.1. The normalized spacial score (nSPS) is 19.4. The molecular formula is C16H25N3O4S. The van der Waals surface area contributed by atoms with Crippen LogP contribution in [0.3, 0.4) is 0 Å². The third kappa shape index (κ3) is 4.67. The standard InChI is InChI=1S/C16H25N3O4S/c1-12(2)18-8-4-5-13(11-18)10-17-15-7-6-14(19(20)21)9-16(15)24(3,22)23/h6-7,9,12-13,17H,4-5,8,10-11H2,1-3H3. The molecule has 0 saturated carbocycles. The van der Waals surface area contributed by atoms with Gasteiger partial charge in [-0.2, -0.15) is 0 Å². The van der Waals surface area contributed by atoms with Gasteiger partial charge in [0, 0.05) is 37.5 Å². The third-order valence-corrected chi connectivity index (χ3v) is 5.57. The first-order valence-electron chi connectivity index (χ1n) is 8.15. The highest BCUT2D eigenvalue weighted by molar-refractivity contribution is 7.90. The van der Waals surface area contributed by atoms with Crippen LogP contribution >= 0.6 is 0 Å². The molecule has 1 fully saturated rings. The van der Waals surface area contributed by atoms with Crippen molar-refractivity contribution < 1.29 is 13.3 Å². The van der Waals surface area contributed by atoms with Crippen molar-refractivity contribution in [3.05, 3.63) is 28.3 Å². The Bertz CT molecular complexity index is 703. The number of sulfone groups is 1. The Balaban J connectivity index is 2.13. The van der Waals surface area contributed by atoms with E-state index in [2.05, 4.69) is 24.1 Å². The number of hydrogen-bond acceptors (Lipinski definition) is 6. The zero-order valence-electron chi connectivity index (χ0n) is 14.4. The Morgan fingerprint density at radius 2 is 2.12 bits per heavy atom. The third-order valence-electron chi connectivity index (χ3n) is 4.44. The number of piperidine rings is 1. The first-order chi connectivity index (χ1) is 11.2. The minimum Gasteiger partial charge on any atom is -0.384 e. The predicted molar refractivity (Wildman–Crippen MR) is 94.1 cm³/mol. The lowest BCUT2D eigenvalue weighted by molar-refractivity contribution is -0.385. The molecule has 1 N–H and O–H groups in total. The second-order valence-electron chi connectivity index (χ2n) is 6.69. The number of benzene rings is 1. The molecule has 1 aromatic carbocycles. The molecule has 1 atom stereocenters. The van der Waals surface area contributed by atoms with Gasteiger partial charge in [0.05, 0.1) is 15.5 Å². The van der Waals surface area contributed by atoms with E-state index in [1.165, 1.54) is 12.1 Å². The van der Waals surface area contributed by atoms with Crippen LogP contribution in [0.15, 0.2) is 23.1 Å². The van der Waals surface area contributed by atoms with Crippen molar-refractivity contribution in [2.75, 3.05) is 31.2 Å². The molecule has 1 aromatic rings. The Kier molecular flexibility index (Phi) is 5.82. The van der Waals surface area contributed by atoms with Crippen LogP contribution in [0.4, 0.5) is 11.4 Å². The maximum atomic E-state index is 12.0. The number of rotatable bonds is 6. The number of non-ortho nitro benzene ring substituents is 1. The Morgan fingerprint density at radius 3 is 2.71 bits per heavy atom. The molecular weight excluding hydrogens is 330 g/mol. The summed E-state index contributed by atoms with van der Waals surface area (Å²) in [5.74, 6) is 0.434. The van der Waals surface area contributed by atoms with E-state index in [0.29, 0.717) is 24.2 Å². The molecule has 1 aliphatic heterocycles. The molecule has 0 amide bonds. The SMILES string of the molecule is CC(C)N1CCCC(CNc2ccc([N+](=O)[O-])cc2S(C)(=O)=O)C1. The topological polar surface area (TPSA) is 92.5 Å². The van der Waals surface area contributed by atoms with Crippen LogP contribution in [0, 0.1) is 16.0 Å². The molecule has 0 aromatic heterocycles. The molecule has 8 heteroatoms. The lowest BCUT2D eigenvalue weighted by Gasteiger charge is -2.35. The highest BCUT2D eigenvalue weighted by Gasteiger charge is 2.23. The van der Waals surface area contributed by atoms with E-state index in [4.69, 9.17) is 0 Å². The van der Waals surface area contributed by atoms with Crippen molar-refractivity contribution in [2.24, 2.45) is 5.92 Å². The highest BCUT2D eigenvalue weighted by Crippen LogP contribution is 2.27. The van der Waals surface area contributed by atoms with Crippen LogP contribution in [-0.2, 0) is 9.84 Å². The summed E-state index contributed by atoms with van der Waals surface area (Å²) in [5.41, 5.74) is 0.217. The van der Waals surface area contributed by atoms with E-state index >= 15 is 0 Å². The van der Waals surface area contributed by atoms with Crippen LogP contribution in [0.5, 0.6) is 0 Å². The second kappa shape index (κ2) is 7.48. The first kappa shape index (κ1) is 18.7. The van der Waals surface area contributed by atoms with Crippen molar-refractivity contribution >= 4 is 21.2 Å². The van der Waals surface area contributed by atoms with Gasteiger partial charge < -0.3 is 10.2 Å². The summed E-state index contributed by atoms with van der Waals surface area (Å²) in [6.45, 7) is 7.08. The molecule has 1 heterocycles. The van der Waals surface area contributed by atoms with Crippen LogP contribution < -0.4 is 5.32 Å². The van der Waals surface area contributed by atoms with Gasteiger partial charge in [-0.25, -0.2) is 8.42 Å². The lowest BCUT2D eigenvalue weighted by atomic mass is 9.97. The van der Waals surface area contributed by atoms with Crippen molar-refractivity contribution in [1.29, 1.82) is 0 Å². The van der Waals surface area contributed by atoms with Crippen LogP contribution in [0.25, 0.3) is 0 Å². The van der Waals surface area contributed by atoms with Gasteiger partial charge >= 0.3 is 0 Å². The zero-order chi connectivity index (χ0) is 17.9. The fraction of sp³-hybridized carbons (Fsp3) is 0.625. The fourth-order valence-electron chi connectivity index (χ4n) is 3.06. The Morgan fingerprint density at radius 1 is 1.42 bits per heavy atom. The maximum absolute atomic E-state index is 12.0. The molecule has 24 heavy (non-hydrogen) atoms. The Hall–Kier alpha value is -1.67. The van der Waals surface area contributed by atoms with Gasteiger partial charge in [0.2, 0.25) is 0 Å². The summed E-state index contributed by atoms with van der Waals surface area (Å²) in [6.07, 6.45) is 3.29. The van der Waals surface area contributed by atoms with Gasteiger partial charge in [-0.05, 0) is 45.2 Å². The number of nitro groups is 1. The molecule has 1 saturated heterocycles. The summed E-state index contributed by atoms with van der Waals surface area (Å²) < 4.78 is 23.9. The van der Waals surface area contributed by atoms with Crippen molar-refractivity contribution in [1.82, 2.24) is 4.90 Å². The lowest BCUT2D eigenvalue weighted by Crippen LogP contribution is -2.41. The largest absolute Gasteiger partial charge is 0.384 e. The zero-order valence-corrected chi connectivity index (χ0v) is 15.2. The van der Waals surface area contributed by atoms with Gasteiger partial charge in [-0.3, -0.25) is 10.1 Å². The number of nitro benzene ring substituents is 1. The Labute approximate surface area is 143 Å². The van der Waals surface area contributed by atoms with Crippen LogP contribution in [-0.4, -0.2) is 50.2 Å². The van der Waals surface area contributed by atoms with Crippen molar-refractivity contribution in [3.8, 4) is 0 Å². The highest BCUT2D eigenvalue weighted by atomic mass is 32.2. The van der Waals surface area contributed by atoms with Gasteiger partial charge in [0.25, 0.3) is 5.69 Å². The average molecular weight is 355 g/mol. The maximum Gasteiger partial charge on any atom is 0.270 e. The predicted octanol–water partition coefficient (Wildman–Crippen LogP) is 2.53. The molecule has 0 aliphatic carbocycles. The molecule has 1 unspecified atom stereocenters. The summed E-state index contributed by atoms with van der Waals surface area (Å²) in [4.78, 5) is 12.7. The van der Waals surface area contributed by atoms with E-state index in [9.17, 15) is 18.5 Å². The van der Waals surface area contributed by atoms with E-state index in [0.717, 1.165) is 38.3 Å². The van der Waals surface area contributed by atoms with Gasteiger partial charge in [-0.1, -0.05) is 0 Å². The van der Waals surface area contributed by atoms with Gasteiger partial charge in [0.15, 0.2) is 9.84 Å². The molecule has 7 nitrogen and oxygen atoms in total. The van der Waals surface area contributed by atoms with E-state index in [1.807, 2.05) is 0 Å². The minimum absolute atomic E-state index is 0.0202. The second-order valence-corrected chi connectivity index (χ2v) is 8.67. The number of nitrogens with zero attached hydrogens (tertiary/aromatic N) is 2. The van der Waals surface area contributed by atoms with E-state index < -0.39 is 14.8 Å². The summed E-state index contributed by atoms with van der Waals surface area (Å²) in [6, 6.07) is 4.44. The molecule has 1 aliphatic rings. The van der Waals surface area contributed by atoms with Gasteiger partial charge in [0.1, 0.15) is 0 Å². The van der Waals surface area contributed by atoms with Crippen LogP contribution in [0.2, 0.25) is 0 Å². The number of nitrogens with one attached hydrogen (secondary N) is 1. The summed E-state index contributed by atoms with van der Waals surface area (Å²) in [7, 11) is -3.54. The van der Waals surface area contributed by atoms with E-state index in [1.54, 1.807) is 0 Å². The molecule has 2 rings (SSSR count). The first-order valence-corrected chi connectivity index (χ1v) is 10.0. The molecule has 0 radical (unpaired) electrons. The van der Waals surface area contributed by atoms with Crippen LogP contribution in [0.1, 0.15) is 26.7 Å². The monoisotopic (exact) mass is 355 g/mol. The smallest absolute Gasteiger partial charge is 0.270 e. The minimum atomic E-state index is -3.54.